The first-order valence-electron chi connectivity index (χ1n) is 6.79. The molecule has 0 saturated heterocycles. The summed E-state index contributed by atoms with van der Waals surface area (Å²) in [6.07, 6.45) is 3.66. The fraction of sp³-hybridized carbons (Fsp3) is 0.533. The number of carbonyl (C=O) groups excluding carboxylic acids is 1. The van der Waals surface area contributed by atoms with Crippen molar-refractivity contribution < 1.29 is 9.90 Å². The highest BCUT2D eigenvalue weighted by molar-refractivity contribution is 9.10. The normalized spacial score (nSPS) is 23.1. The molecule has 0 heterocycles. The van der Waals surface area contributed by atoms with Crippen LogP contribution in [0.2, 0.25) is 0 Å². The quantitative estimate of drug-likeness (QED) is 0.897. The lowest BCUT2D eigenvalue weighted by atomic mass is 9.87. The summed E-state index contributed by atoms with van der Waals surface area (Å²) in [5.41, 5.74) is 1.68. The van der Waals surface area contributed by atoms with Gasteiger partial charge in [-0.05, 0) is 49.8 Å². The number of aliphatic hydroxyl groups is 1. The molecule has 3 nitrogen and oxygen atoms in total. The van der Waals surface area contributed by atoms with E-state index in [1.807, 2.05) is 25.1 Å². The van der Waals surface area contributed by atoms with Crippen molar-refractivity contribution in [1.82, 2.24) is 5.32 Å². The highest BCUT2D eigenvalue weighted by Gasteiger charge is 2.21. The van der Waals surface area contributed by atoms with E-state index in [0.29, 0.717) is 18.0 Å². The number of hydrogen-bond acceptors (Lipinski definition) is 2. The predicted octanol–water partition coefficient (Wildman–Crippen LogP) is 3.04. The minimum atomic E-state index is -0.191. The van der Waals surface area contributed by atoms with Gasteiger partial charge in [-0.1, -0.05) is 28.4 Å². The van der Waals surface area contributed by atoms with E-state index >= 15 is 0 Å². The first-order chi connectivity index (χ1) is 9.08. The third kappa shape index (κ3) is 3.80. The van der Waals surface area contributed by atoms with Crippen LogP contribution >= 0.6 is 15.9 Å². The van der Waals surface area contributed by atoms with Crippen molar-refractivity contribution >= 4 is 21.8 Å². The third-order valence-electron chi connectivity index (χ3n) is 3.82. The fourth-order valence-electron chi connectivity index (χ4n) is 2.63. The summed E-state index contributed by atoms with van der Waals surface area (Å²) >= 11 is 3.44. The van der Waals surface area contributed by atoms with Gasteiger partial charge in [0.2, 0.25) is 0 Å². The number of nitrogens with one attached hydrogen (secondary N) is 1. The molecule has 104 valence electrons. The zero-order valence-corrected chi connectivity index (χ0v) is 12.7. The molecule has 1 aromatic rings. The number of amides is 1. The molecule has 1 aliphatic rings. The van der Waals surface area contributed by atoms with Gasteiger partial charge in [-0.2, -0.15) is 0 Å². The Morgan fingerprint density at radius 2 is 2.26 bits per heavy atom. The second-order valence-corrected chi connectivity index (χ2v) is 6.16. The molecule has 2 N–H and O–H groups in total. The third-order valence-corrected chi connectivity index (χ3v) is 4.68. The maximum absolute atomic E-state index is 12.1. The van der Waals surface area contributed by atoms with E-state index in [9.17, 15) is 9.90 Å². The highest BCUT2D eigenvalue weighted by atomic mass is 79.9. The average molecular weight is 326 g/mol. The number of benzene rings is 1. The largest absolute Gasteiger partial charge is 0.393 e. The lowest BCUT2D eigenvalue weighted by Crippen LogP contribution is -2.33. The molecule has 2 rings (SSSR count). The molecule has 1 aromatic carbocycles. The molecule has 1 fully saturated rings. The molecule has 1 aliphatic carbocycles. The first kappa shape index (κ1) is 14.5. The standard InChI is InChI=1S/C15H20BrNO2/c1-10-13(6-3-7-14(10)16)15(19)17-9-11-4-2-5-12(18)8-11/h3,6-7,11-12,18H,2,4-5,8-9H2,1H3,(H,17,19). The van der Waals surface area contributed by atoms with Gasteiger partial charge in [0.15, 0.2) is 0 Å². The van der Waals surface area contributed by atoms with Gasteiger partial charge in [0.05, 0.1) is 6.10 Å². The van der Waals surface area contributed by atoms with Crippen molar-refractivity contribution in [2.24, 2.45) is 5.92 Å². The Hall–Kier alpha value is -0.870. The van der Waals surface area contributed by atoms with E-state index in [1.54, 1.807) is 0 Å². The Morgan fingerprint density at radius 1 is 1.47 bits per heavy atom. The minimum absolute atomic E-state index is 0.0288. The van der Waals surface area contributed by atoms with Crippen LogP contribution in [0.15, 0.2) is 22.7 Å². The van der Waals surface area contributed by atoms with Gasteiger partial charge in [-0.15, -0.1) is 0 Å². The summed E-state index contributed by atoms with van der Waals surface area (Å²) in [6, 6.07) is 5.64. The molecule has 0 spiro atoms. The number of rotatable bonds is 3. The fourth-order valence-corrected chi connectivity index (χ4v) is 3.00. The summed E-state index contributed by atoms with van der Waals surface area (Å²) in [7, 11) is 0. The van der Waals surface area contributed by atoms with Crippen molar-refractivity contribution in [2.75, 3.05) is 6.54 Å². The lowest BCUT2D eigenvalue weighted by Gasteiger charge is -2.26. The van der Waals surface area contributed by atoms with Crippen molar-refractivity contribution in [2.45, 2.75) is 38.7 Å². The van der Waals surface area contributed by atoms with Gasteiger partial charge in [-0.25, -0.2) is 0 Å². The molecule has 0 radical (unpaired) electrons. The molecule has 1 saturated carbocycles. The second kappa shape index (κ2) is 6.53. The van der Waals surface area contributed by atoms with Gasteiger partial charge in [-0.3, -0.25) is 4.79 Å². The Balaban J connectivity index is 1.92. The van der Waals surface area contributed by atoms with Crippen LogP contribution in [0.3, 0.4) is 0 Å². The van der Waals surface area contributed by atoms with Gasteiger partial charge in [0.1, 0.15) is 0 Å². The van der Waals surface area contributed by atoms with Crippen LogP contribution in [-0.2, 0) is 0 Å². The summed E-state index contributed by atoms with van der Waals surface area (Å²) in [5, 5.41) is 12.6. The molecule has 0 aromatic heterocycles. The molecule has 19 heavy (non-hydrogen) atoms. The number of halogens is 1. The summed E-state index contributed by atoms with van der Waals surface area (Å²) in [5.74, 6) is 0.374. The topological polar surface area (TPSA) is 49.3 Å². The second-order valence-electron chi connectivity index (χ2n) is 5.31. The van der Waals surface area contributed by atoms with Gasteiger partial charge < -0.3 is 10.4 Å². The molecule has 2 unspecified atom stereocenters. The van der Waals surface area contributed by atoms with Gasteiger partial charge in [0, 0.05) is 16.6 Å². The summed E-state index contributed by atoms with van der Waals surface area (Å²) in [6.45, 7) is 2.59. The van der Waals surface area contributed by atoms with Crippen LogP contribution < -0.4 is 5.32 Å². The molecular weight excluding hydrogens is 306 g/mol. The molecule has 0 bridgehead atoms. The molecular formula is C15H20BrNO2. The molecule has 0 aliphatic heterocycles. The van der Waals surface area contributed by atoms with Crippen molar-refractivity contribution in [3.8, 4) is 0 Å². The van der Waals surface area contributed by atoms with E-state index in [0.717, 1.165) is 35.7 Å². The zero-order chi connectivity index (χ0) is 13.8. The number of aliphatic hydroxyl groups excluding tert-OH is 1. The van der Waals surface area contributed by atoms with E-state index in [-0.39, 0.29) is 12.0 Å². The minimum Gasteiger partial charge on any atom is -0.393 e. The maximum Gasteiger partial charge on any atom is 0.251 e. The lowest BCUT2D eigenvalue weighted by molar-refractivity contribution is 0.0873. The molecule has 4 heteroatoms. The van der Waals surface area contributed by atoms with Crippen molar-refractivity contribution in [3.05, 3.63) is 33.8 Å². The van der Waals surface area contributed by atoms with Crippen molar-refractivity contribution in [3.63, 3.8) is 0 Å². The van der Waals surface area contributed by atoms with Crippen molar-refractivity contribution in [1.29, 1.82) is 0 Å². The van der Waals surface area contributed by atoms with Crippen LogP contribution in [0.25, 0.3) is 0 Å². The van der Waals surface area contributed by atoms with E-state index in [4.69, 9.17) is 0 Å². The van der Waals surface area contributed by atoms with E-state index in [2.05, 4.69) is 21.2 Å². The van der Waals surface area contributed by atoms with E-state index in [1.165, 1.54) is 0 Å². The molecule has 2 atom stereocenters. The highest BCUT2D eigenvalue weighted by Crippen LogP contribution is 2.24. The number of carbonyl (C=O) groups is 1. The SMILES string of the molecule is Cc1c(Br)cccc1C(=O)NCC1CCCC(O)C1. The average Bonchev–Trinajstić information content (AvgIpc) is 2.39. The molecule has 1 amide bonds. The van der Waals surface area contributed by atoms with Gasteiger partial charge >= 0.3 is 0 Å². The Labute approximate surface area is 122 Å². The summed E-state index contributed by atoms with van der Waals surface area (Å²) in [4.78, 5) is 12.1. The maximum atomic E-state index is 12.1. The van der Waals surface area contributed by atoms with E-state index < -0.39 is 0 Å². The van der Waals surface area contributed by atoms with Crippen LogP contribution in [0.1, 0.15) is 41.6 Å². The van der Waals surface area contributed by atoms with Crippen LogP contribution in [0.4, 0.5) is 0 Å². The Kier molecular flexibility index (Phi) is 4.99. The monoisotopic (exact) mass is 325 g/mol. The predicted molar refractivity (Wildman–Crippen MR) is 79.2 cm³/mol. The smallest absolute Gasteiger partial charge is 0.251 e. The van der Waals surface area contributed by atoms with Gasteiger partial charge in [0.25, 0.3) is 5.91 Å². The Bertz CT molecular complexity index is 461. The van der Waals surface area contributed by atoms with Crippen LogP contribution in [0, 0.1) is 12.8 Å². The van der Waals surface area contributed by atoms with Crippen LogP contribution in [-0.4, -0.2) is 23.7 Å². The Morgan fingerprint density at radius 3 is 3.00 bits per heavy atom. The first-order valence-corrected chi connectivity index (χ1v) is 7.58. The number of hydrogen-bond donors (Lipinski definition) is 2. The van der Waals surface area contributed by atoms with Crippen LogP contribution in [0.5, 0.6) is 0 Å². The summed E-state index contributed by atoms with van der Waals surface area (Å²) < 4.78 is 0.952. The zero-order valence-electron chi connectivity index (χ0n) is 11.2.